The minimum absolute atomic E-state index is 0. The van der Waals surface area contributed by atoms with Crippen molar-refractivity contribution in [3.05, 3.63) is 23.9 Å². The van der Waals surface area contributed by atoms with Crippen LogP contribution in [-0.4, -0.2) is 48.6 Å². The van der Waals surface area contributed by atoms with Crippen molar-refractivity contribution in [1.29, 1.82) is 0 Å². The van der Waals surface area contributed by atoms with E-state index in [0.29, 0.717) is 0 Å². The molecule has 0 saturated carbocycles. The maximum atomic E-state index is 4.66. The summed E-state index contributed by atoms with van der Waals surface area (Å²) < 4.78 is 0. The molecule has 2 saturated heterocycles. The lowest BCUT2D eigenvalue weighted by Gasteiger charge is -2.31. The van der Waals surface area contributed by atoms with Crippen LogP contribution < -0.4 is 15.5 Å². The topological polar surface area (TPSA) is 52.6 Å². The van der Waals surface area contributed by atoms with E-state index in [-0.39, 0.29) is 24.0 Å². The summed E-state index contributed by atoms with van der Waals surface area (Å²) >= 11 is 2.06. The molecule has 2 aliphatic rings. The summed E-state index contributed by atoms with van der Waals surface area (Å²) in [6.07, 6.45) is 7.19. The van der Waals surface area contributed by atoms with E-state index in [2.05, 4.69) is 56.3 Å². The highest BCUT2D eigenvalue weighted by Crippen LogP contribution is 2.25. The zero-order chi connectivity index (χ0) is 17.5. The quantitative estimate of drug-likeness (QED) is 0.377. The SMILES string of the molecule is CN=C(NCc1ccc(N2CCC(C)CC2)nc1)NCC1CCCS1.I. The summed E-state index contributed by atoms with van der Waals surface area (Å²) in [4.78, 5) is 11.4. The van der Waals surface area contributed by atoms with Crippen molar-refractivity contribution >= 4 is 47.5 Å². The second-order valence-corrected chi connectivity index (χ2v) is 8.54. The first kappa shape index (κ1) is 21.6. The molecule has 1 atom stereocenters. The Hall–Kier alpha value is -0.700. The number of anilines is 1. The molecule has 2 aliphatic heterocycles. The summed E-state index contributed by atoms with van der Waals surface area (Å²) in [5.74, 6) is 4.13. The average Bonchev–Trinajstić information content (AvgIpc) is 3.17. The molecule has 7 heteroatoms. The fourth-order valence-electron chi connectivity index (χ4n) is 3.37. The van der Waals surface area contributed by atoms with Crippen LogP contribution in [0.25, 0.3) is 0 Å². The summed E-state index contributed by atoms with van der Waals surface area (Å²) in [6, 6.07) is 4.33. The maximum absolute atomic E-state index is 4.66. The van der Waals surface area contributed by atoms with Gasteiger partial charge in [0.05, 0.1) is 0 Å². The largest absolute Gasteiger partial charge is 0.357 e. The molecule has 2 fully saturated rings. The normalized spacial score (nSPS) is 21.4. The van der Waals surface area contributed by atoms with Gasteiger partial charge in [0, 0.05) is 44.7 Å². The standard InChI is InChI=1S/C19H31N5S.HI/c1-15-7-9-24(10-8-15)18-6-5-16(12-21-18)13-22-19(20-2)23-14-17-4-3-11-25-17;/h5-6,12,15,17H,3-4,7-11,13-14H2,1-2H3,(H2,20,22,23);1H. The van der Waals surface area contributed by atoms with Crippen LogP contribution >= 0.6 is 35.7 Å². The lowest BCUT2D eigenvalue weighted by molar-refractivity contribution is 0.436. The molecule has 0 radical (unpaired) electrons. The number of nitrogens with zero attached hydrogens (tertiary/aromatic N) is 3. The molecule has 0 bridgehead atoms. The Bertz CT molecular complexity index is 552. The first-order valence-corrected chi connectivity index (χ1v) is 10.6. The summed E-state index contributed by atoms with van der Waals surface area (Å²) in [7, 11) is 1.83. The van der Waals surface area contributed by atoms with Crippen molar-refractivity contribution in [3.63, 3.8) is 0 Å². The Kier molecular flexibility index (Phi) is 9.31. The molecule has 1 aromatic rings. The molecule has 0 aromatic carbocycles. The smallest absolute Gasteiger partial charge is 0.191 e. The second kappa shape index (κ2) is 11.2. The third-order valence-electron chi connectivity index (χ3n) is 5.12. The Morgan fingerprint density at radius 3 is 2.69 bits per heavy atom. The molecule has 2 N–H and O–H groups in total. The van der Waals surface area contributed by atoms with Gasteiger partial charge in [0.25, 0.3) is 0 Å². The van der Waals surface area contributed by atoms with Gasteiger partial charge in [-0.25, -0.2) is 4.98 Å². The molecule has 0 aliphatic carbocycles. The van der Waals surface area contributed by atoms with E-state index < -0.39 is 0 Å². The molecular formula is C19H32IN5S. The Labute approximate surface area is 179 Å². The van der Waals surface area contributed by atoms with Crippen LogP contribution in [0.3, 0.4) is 0 Å². The molecule has 1 unspecified atom stereocenters. The zero-order valence-electron chi connectivity index (χ0n) is 15.9. The maximum Gasteiger partial charge on any atom is 0.191 e. The molecule has 3 rings (SSSR count). The van der Waals surface area contributed by atoms with E-state index in [1.807, 2.05) is 13.2 Å². The molecular weight excluding hydrogens is 457 g/mol. The lowest BCUT2D eigenvalue weighted by Crippen LogP contribution is -2.39. The van der Waals surface area contributed by atoms with Gasteiger partial charge in [0.1, 0.15) is 5.82 Å². The summed E-state index contributed by atoms with van der Waals surface area (Å²) in [5.41, 5.74) is 1.19. The number of nitrogens with one attached hydrogen (secondary N) is 2. The highest BCUT2D eigenvalue weighted by atomic mass is 127. The monoisotopic (exact) mass is 489 g/mol. The van der Waals surface area contributed by atoms with Gasteiger partial charge >= 0.3 is 0 Å². The first-order chi connectivity index (χ1) is 12.2. The Morgan fingerprint density at radius 1 is 1.27 bits per heavy atom. The van der Waals surface area contributed by atoms with Crippen molar-refractivity contribution in [2.45, 2.75) is 44.4 Å². The van der Waals surface area contributed by atoms with E-state index in [1.165, 1.54) is 37.0 Å². The van der Waals surface area contributed by atoms with Gasteiger partial charge in [0.15, 0.2) is 5.96 Å². The minimum Gasteiger partial charge on any atom is -0.357 e. The van der Waals surface area contributed by atoms with Gasteiger partial charge < -0.3 is 15.5 Å². The predicted octanol–water partition coefficient (Wildman–Crippen LogP) is 3.50. The van der Waals surface area contributed by atoms with Gasteiger partial charge in [0.2, 0.25) is 0 Å². The van der Waals surface area contributed by atoms with Gasteiger partial charge in [-0.15, -0.1) is 24.0 Å². The van der Waals surface area contributed by atoms with Crippen LogP contribution in [0.1, 0.15) is 38.2 Å². The fraction of sp³-hybridized carbons (Fsp3) is 0.684. The first-order valence-electron chi connectivity index (χ1n) is 9.50. The fourth-order valence-corrected chi connectivity index (χ4v) is 4.57. The number of aliphatic imine (C=N–C) groups is 1. The van der Waals surface area contributed by atoms with E-state index in [0.717, 1.165) is 49.1 Å². The molecule has 26 heavy (non-hydrogen) atoms. The third kappa shape index (κ3) is 6.48. The van der Waals surface area contributed by atoms with Crippen LogP contribution in [-0.2, 0) is 6.54 Å². The van der Waals surface area contributed by atoms with Crippen molar-refractivity contribution in [2.24, 2.45) is 10.9 Å². The van der Waals surface area contributed by atoms with Crippen LogP contribution in [0.5, 0.6) is 0 Å². The minimum atomic E-state index is 0. The molecule has 0 spiro atoms. The molecule has 1 aromatic heterocycles. The number of aromatic nitrogens is 1. The Morgan fingerprint density at radius 2 is 2.08 bits per heavy atom. The van der Waals surface area contributed by atoms with Crippen molar-refractivity contribution < 1.29 is 0 Å². The van der Waals surface area contributed by atoms with Crippen LogP contribution in [0, 0.1) is 5.92 Å². The number of halogens is 1. The van der Waals surface area contributed by atoms with Crippen LogP contribution in [0.2, 0.25) is 0 Å². The van der Waals surface area contributed by atoms with Crippen LogP contribution in [0.15, 0.2) is 23.3 Å². The number of hydrogen-bond acceptors (Lipinski definition) is 4. The number of piperidine rings is 1. The van der Waals surface area contributed by atoms with Gasteiger partial charge in [-0.1, -0.05) is 13.0 Å². The second-order valence-electron chi connectivity index (χ2n) is 7.14. The van der Waals surface area contributed by atoms with E-state index in [9.17, 15) is 0 Å². The third-order valence-corrected chi connectivity index (χ3v) is 6.52. The number of thioether (sulfide) groups is 1. The van der Waals surface area contributed by atoms with Gasteiger partial charge in [-0.3, -0.25) is 4.99 Å². The summed E-state index contributed by atoms with van der Waals surface area (Å²) in [5, 5.41) is 7.56. The van der Waals surface area contributed by atoms with Crippen molar-refractivity contribution in [2.75, 3.05) is 37.3 Å². The van der Waals surface area contributed by atoms with Gasteiger partial charge in [-0.2, -0.15) is 11.8 Å². The van der Waals surface area contributed by atoms with E-state index >= 15 is 0 Å². The summed E-state index contributed by atoms with van der Waals surface area (Å²) in [6.45, 7) is 6.34. The number of pyridine rings is 1. The van der Waals surface area contributed by atoms with Crippen LogP contribution in [0.4, 0.5) is 5.82 Å². The zero-order valence-corrected chi connectivity index (χ0v) is 19.1. The van der Waals surface area contributed by atoms with Crippen molar-refractivity contribution in [3.8, 4) is 0 Å². The lowest BCUT2D eigenvalue weighted by atomic mass is 9.99. The highest BCUT2D eigenvalue weighted by molar-refractivity contribution is 14.0. The van der Waals surface area contributed by atoms with E-state index in [4.69, 9.17) is 0 Å². The number of rotatable bonds is 5. The number of hydrogen-bond donors (Lipinski definition) is 2. The van der Waals surface area contributed by atoms with Gasteiger partial charge in [-0.05, 0) is 49.0 Å². The number of guanidine groups is 1. The average molecular weight is 489 g/mol. The molecule has 5 nitrogen and oxygen atoms in total. The molecule has 0 amide bonds. The molecule has 3 heterocycles. The molecule has 146 valence electrons. The van der Waals surface area contributed by atoms with Crippen molar-refractivity contribution in [1.82, 2.24) is 15.6 Å². The highest BCUT2D eigenvalue weighted by Gasteiger charge is 2.17. The van der Waals surface area contributed by atoms with E-state index in [1.54, 1.807) is 0 Å². The predicted molar refractivity (Wildman–Crippen MR) is 124 cm³/mol. The Balaban J connectivity index is 0.00000243.